The Labute approximate surface area is 189 Å². The fourth-order valence-electron chi connectivity index (χ4n) is 3.02. The molecule has 2 rings (SSSR count). The van der Waals surface area contributed by atoms with E-state index in [4.69, 9.17) is 11.6 Å². The number of hydrogen-bond donors (Lipinski definition) is 1. The van der Waals surface area contributed by atoms with Crippen LogP contribution in [0, 0.1) is 6.92 Å². The van der Waals surface area contributed by atoms with Crippen molar-refractivity contribution in [2.45, 2.75) is 58.5 Å². The lowest BCUT2D eigenvalue weighted by molar-refractivity contribution is -0.138. The number of halogens is 1. The van der Waals surface area contributed by atoms with Crippen molar-refractivity contribution in [2.24, 2.45) is 0 Å². The molecule has 0 heterocycles. The van der Waals surface area contributed by atoms with Crippen LogP contribution in [0.15, 0.2) is 48.5 Å². The molecule has 0 aliphatic rings. The van der Waals surface area contributed by atoms with Gasteiger partial charge in [0.05, 0.1) is 5.75 Å². The average Bonchev–Trinajstić information content (AvgIpc) is 2.71. The lowest BCUT2D eigenvalue weighted by Gasteiger charge is -2.29. The third-order valence-corrected chi connectivity index (χ3v) is 6.21. The Morgan fingerprint density at radius 2 is 1.80 bits per heavy atom. The normalized spacial score (nSPS) is 12.8. The molecule has 0 aliphatic carbocycles. The Hall–Kier alpha value is -1.98. The summed E-state index contributed by atoms with van der Waals surface area (Å²) in [5, 5.41) is 3.60. The third kappa shape index (κ3) is 7.69. The molecule has 0 spiro atoms. The zero-order valence-electron chi connectivity index (χ0n) is 18.2. The average molecular weight is 447 g/mol. The Bertz CT molecular complexity index is 859. The van der Waals surface area contributed by atoms with Crippen LogP contribution in [-0.4, -0.2) is 34.6 Å². The number of nitrogens with one attached hydrogen (secondary N) is 1. The lowest BCUT2D eigenvalue weighted by atomic mass is 10.1. The van der Waals surface area contributed by atoms with E-state index in [9.17, 15) is 9.59 Å². The van der Waals surface area contributed by atoms with E-state index in [0.717, 1.165) is 17.7 Å². The smallest absolute Gasteiger partial charge is 0.242 e. The van der Waals surface area contributed by atoms with Crippen molar-refractivity contribution in [2.75, 3.05) is 5.75 Å². The van der Waals surface area contributed by atoms with Crippen molar-refractivity contribution in [3.05, 3.63) is 70.2 Å². The van der Waals surface area contributed by atoms with Gasteiger partial charge in [0.2, 0.25) is 11.8 Å². The number of nitrogens with zero attached hydrogens (tertiary/aromatic N) is 1. The number of carbonyl (C=O) groups is 2. The molecule has 2 aromatic carbocycles. The molecule has 0 unspecified atom stereocenters. The standard InChI is InChI=1S/C24H31ClN2O2S/c1-5-18(3)26-24(29)19(4)27(14-20-9-7-11-22(25)13-20)23(28)16-30-15-21-10-6-8-17(2)12-21/h6-13,18-19H,5,14-16H2,1-4H3,(H,26,29)/t18-,19+/m1/s1. The van der Waals surface area contributed by atoms with E-state index >= 15 is 0 Å². The van der Waals surface area contributed by atoms with Gasteiger partial charge in [-0.15, -0.1) is 11.8 Å². The summed E-state index contributed by atoms with van der Waals surface area (Å²) in [5.74, 6) is 0.879. The van der Waals surface area contributed by atoms with Crippen molar-refractivity contribution in [3.8, 4) is 0 Å². The summed E-state index contributed by atoms with van der Waals surface area (Å²) < 4.78 is 0. The minimum atomic E-state index is -0.565. The molecule has 162 valence electrons. The molecule has 0 saturated carbocycles. The van der Waals surface area contributed by atoms with Gasteiger partial charge in [-0.25, -0.2) is 0 Å². The third-order valence-electron chi connectivity index (χ3n) is 4.99. The van der Waals surface area contributed by atoms with E-state index in [1.807, 2.05) is 38.1 Å². The van der Waals surface area contributed by atoms with Gasteiger partial charge in [0.1, 0.15) is 6.04 Å². The maximum Gasteiger partial charge on any atom is 0.242 e. The van der Waals surface area contributed by atoms with Crippen molar-refractivity contribution in [1.82, 2.24) is 10.2 Å². The molecule has 0 aromatic heterocycles. The van der Waals surface area contributed by atoms with E-state index in [0.29, 0.717) is 17.3 Å². The van der Waals surface area contributed by atoms with Gasteiger partial charge >= 0.3 is 0 Å². The number of aryl methyl sites for hydroxylation is 1. The minimum absolute atomic E-state index is 0.0561. The van der Waals surface area contributed by atoms with Gasteiger partial charge in [0, 0.05) is 23.4 Å². The highest BCUT2D eigenvalue weighted by atomic mass is 35.5. The molecule has 30 heavy (non-hydrogen) atoms. The summed E-state index contributed by atoms with van der Waals surface area (Å²) in [7, 11) is 0. The first kappa shape index (κ1) is 24.3. The van der Waals surface area contributed by atoms with Gasteiger partial charge in [-0.1, -0.05) is 60.5 Å². The van der Waals surface area contributed by atoms with Crippen LogP contribution in [-0.2, 0) is 21.9 Å². The van der Waals surface area contributed by atoms with E-state index in [1.165, 1.54) is 11.1 Å². The molecular weight excluding hydrogens is 416 g/mol. The summed E-state index contributed by atoms with van der Waals surface area (Å²) in [5.41, 5.74) is 3.30. The summed E-state index contributed by atoms with van der Waals surface area (Å²) >= 11 is 7.68. The van der Waals surface area contributed by atoms with Gasteiger partial charge in [0.25, 0.3) is 0 Å². The second-order valence-corrected chi connectivity index (χ2v) is 9.05. The molecule has 0 fully saturated rings. The van der Waals surface area contributed by atoms with Crippen LogP contribution in [0.2, 0.25) is 5.02 Å². The predicted octanol–water partition coefficient (Wildman–Crippen LogP) is 5.21. The highest BCUT2D eigenvalue weighted by molar-refractivity contribution is 7.99. The Balaban J connectivity index is 2.08. The maximum atomic E-state index is 13.1. The SMILES string of the molecule is CC[C@@H](C)NC(=O)[C@H](C)N(Cc1cccc(Cl)c1)C(=O)CSCc1cccc(C)c1. The van der Waals surface area contributed by atoms with Crippen molar-refractivity contribution >= 4 is 35.2 Å². The Kier molecular flexibility index (Phi) is 9.73. The maximum absolute atomic E-state index is 13.1. The lowest BCUT2D eigenvalue weighted by Crippen LogP contribution is -2.50. The van der Waals surface area contributed by atoms with Gasteiger partial charge in [-0.2, -0.15) is 0 Å². The largest absolute Gasteiger partial charge is 0.352 e. The van der Waals surface area contributed by atoms with Gasteiger partial charge in [0.15, 0.2) is 0 Å². The first-order valence-electron chi connectivity index (χ1n) is 10.3. The molecule has 0 saturated heterocycles. The fraction of sp³-hybridized carbons (Fsp3) is 0.417. The van der Waals surface area contributed by atoms with Crippen LogP contribution in [0.4, 0.5) is 0 Å². The molecule has 1 N–H and O–H groups in total. The summed E-state index contributed by atoms with van der Waals surface area (Å²) in [4.78, 5) is 27.4. The first-order valence-corrected chi connectivity index (χ1v) is 11.8. The quantitative estimate of drug-likeness (QED) is 0.544. The monoisotopic (exact) mass is 446 g/mol. The zero-order valence-corrected chi connectivity index (χ0v) is 19.7. The number of benzene rings is 2. The van der Waals surface area contributed by atoms with E-state index in [1.54, 1.807) is 29.7 Å². The van der Waals surface area contributed by atoms with Crippen LogP contribution in [0.3, 0.4) is 0 Å². The van der Waals surface area contributed by atoms with Gasteiger partial charge in [-0.3, -0.25) is 9.59 Å². The molecule has 2 atom stereocenters. The van der Waals surface area contributed by atoms with Crippen LogP contribution in [0.5, 0.6) is 0 Å². The fourth-order valence-corrected chi connectivity index (χ4v) is 4.09. The number of rotatable bonds is 10. The molecule has 2 aromatic rings. The molecule has 0 aliphatic heterocycles. The van der Waals surface area contributed by atoms with Crippen LogP contribution in [0.1, 0.15) is 43.9 Å². The van der Waals surface area contributed by atoms with E-state index in [2.05, 4.69) is 30.4 Å². The van der Waals surface area contributed by atoms with Crippen molar-refractivity contribution in [1.29, 1.82) is 0 Å². The Morgan fingerprint density at radius 1 is 1.10 bits per heavy atom. The van der Waals surface area contributed by atoms with E-state index in [-0.39, 0.29) is 17.9 Å². The van der Waals surface area contributed by atoms with Crippen LogP contribution < -0.4 is 5.32 Å². The summed E-state index contributed by atoms with van der Waals surface area (Å²) in [6.45, 7) is 8.17. The van der Waals surface area contributed by atoms with Gasteiger partial charge < -0.3 is 10.2 Å². The topological polar surface area (TPSA) is 49.4 Å². The van der Waals surface area contributed by atoms with Crippen LogP contribution in [0.25, 0.3) is 0 Å². The van der Waals surface area contributed by atoms with E-state index < -0.39 is 6.04 Å². The molecule has 0 radical (unpaired) electrons. The van der Waals surface area contributed by atoms with Crippen molar-refractivity contribution < 1.29 is 9.59 Å². The predicted molar refractivity (Wildman–Crippen MR) is 127 cm³/mol. The highest BCUT2D eigenvalue weighted by Gasteiger charge is 2.26. The molecule has 6 heteroatoms. The number of thioether (sulfide) groups is 1. The second kappa shape index (κ2) is 12.0. The van der Waals surface area contributed by atoms with Crippen molar-refractivity contribution in [3.63, 3.8) is 0 Å². The summed E-state index contributed by atoms with van der Waals surface area (Å²) in [6, 6.07) is 15.2. The Morgan fingerprint density at radius 3 is 2.47 bits per heavy atom. The molecule has 0 bridgehead atoms. The second-order valence-electron chi connectivity index (χ2n) is 7.63. The summed E-state index contributed by atoms with van der Waals surface area (Å²) in [6.07, 6.45) is 0.840. The van der Waals surface area contributed by atoms with Crippen LogP contribution >= 0.6 is 23.4 Å². The van der Waals surface area contributed by atoms with Gasteiger partial charge in [-0.05, 0) is 50.5 Å². The number of amides is 2. The highest BCUT2D eigenvalue weighted by Crippen LogP contribution is 2.18. The number of carbonyl (C=O) groups excluding carboxylic acids is 2. The molecular formula is C24H31ClN2O2S. The molecule has 2 amide bonds. The zero-order chi connectivity index (χ0) is 22.1. The molecule has 4 nitrogen and oxygen atoms in total. The first-order chi connectivity index (χ1) is 14.3. The minimum Gasteiger partial charge on any atom is -0.352 e. The number of hydrogen-bond acceptors (Lipinski definition) is 3.